The molecule has 0 bridgehead atoms. The highest BCUT2D eigenvalue weighted by molar-refractivity contribution is 6.21. The third kappa shape index (κ3) is 3.02. The van der Waals surface area contributed by atoms with Crippen LogP contribution < -0.4 is 5.32 Å². The second-order valence-corrected chi connectivity index (χ2v) is 4.92. The summed E-state index contributed by atoms with van der Waals surface area (Å²) in [4.78, 5) is 4.30. The molecule has 1 atom stereocenters. The fraction of sp³-hybridized carbons (Fsp3) is 0.700. The van der Waals surface area contributed by atoms with E-state index in [0.717, 1.165) is 11.4 Å². The van der Waals surface area contributed by atoms with Gasteiger partial charge < -0.3 is 5.32 Å². The molecule has 0 saturated carbocycles. The Balaban J connectivity index is 2.86. The third-order valence-corrected chi connectivity index (χ3v) is 3.07. The van der Waals surface area contributed by atoms with Crippen LogP contribution in [0.3, 0.4) is 0 Å². The zero-order valence-electron chi connectivity index (χ0n) is 9.80. The molecule has 1 rings (SSSR count). The lowest BCUT2D eigenvalue weighted by Crippen LogP contribution is -2.39. The van der Waals surface area contributed by atoms with Gasteiger partial charge in [-0.2, -0.15) is 5.10 Å². The van der Waals surface area contributed by atoms with E-state index in [2.05, 4.69) is 20.5 Å². The summed E-state index contributed by atoms with van der Waals surface area (Å²) in [5.41, 5.74) is 1.47. The number of halogens is 1. The van der Waals surface area contributed by atoms with E-state index in [1.807, 2.05) is 34.6 Å². The van der Waals surface area contributed by atoms with Gasteiger partial charge in [0.1, 0.15) is 0 Å². The van der Waals surface area contributed by atoms with Crippen molar-refractivity contribution in [2.24, 2.45) is 0 Å². The molecule has 0 spiro atoms. The van der Waals surface area contributed by atoms with E-state index in [0.29, 0.717) is 5.95 Å². The van der Waals surface area contributed by atoms with Gasteiger partial charge in [-0.15, -0.1) is 16.7 Å². The summed E-state index contributed by atoms with van der Waals surface area (Å²) in [6, 6.07) is 0. The van der Waals surface area contributed by atoms with E-state index in [9.17, 15) is 0 Å². The molecule has 1 unspecified atom stereocenters. The van der Waals surface area contributed by atoms with Gasteiger partial charge in [-0.1, -0.05) is 0 Å². The normalized spacial score (nSPS) is 13.7. The number of nitrogens with zero attached hydrogens (tertiary/aromatic N) is 3. The summed E-state index contributed by atoms with van der Waals surface area (Å²) in [6.45, 7) is 9.73. The minimum Gasteiger partial charge on any atom is -0.347 e. The van der Waals surface area contributed by atoms with Gasteiger partial charge in [-0.3, -0.25) is 0 Å². The Bertz CT molecular complexity index is 349. The van der Waals surface area contributed by atoms with Crippen LogP contribution in [-0.4, -0.2) is 26.1 Å². The molecule has 84 valence electrons. The summed E-state index contributed by atoms with van der Waals surface area (Å²) < 4.78 is 0. The van der Waals surface area contributed by atoms with Gasteiger partial charge in [-0.05, 0) is 34.6 Å². The lowest BCUT2D eigenvalue weighted by atomic mass is 10.0. The molecule has 0 aliphatic rings. The van der Waals surface area contributed by atoms with Crippen LogP contribution in [0.4, 0.5) is 5.95 Å². The van der Waals surface area contributed by atoms with Gasteiger partial charge >= 0.3 is 0 Å². The zero-order valence-corrected chi connectivity index (χ0v) is 10.6. The maximum Gasteiger partial charge on any atom is 0.243 e. The number of rotatable bonds is 3. The van der Waals surface area contributed by atoms with E-state index in [1.54, 1.807) is 0 Å². The molecule has 0 aliphatic heterocycles. The molecule has 0 amide bonds. The lowest BCUT2D eigenvalue weighted by molar-refractivity contribution is 0.547. The fourth-order valence-corrected chi connectivity index (χ4v) is 0.952. The van der Waals surface area contributed by atoms with Crippen molar-refractivity contribution in [2.45, 2.75) is 45.5 Å². The van der Waals surface area contributed by atoms with Gasteiger partial charge in [0.05, 0.1) is 22.3 Å². The number of aryl methyl sites for hydroxylation is 2. The van der Waals surface area contributed by atoms with Gasteiger partial charge in [0.2, 0.25) is 5.95 Å². The number of anilines is 1. The van der Waals surface area contributed by atoms with Crippen molar-refractivity contribution in [3.8, 4) is 0 Å². The standard InChI is InChI=1S/C10H17ClN4/c1-6-7(2)14-15-9(12-6)13-10(4,5)8(3)11/h8H,1-5H3,(H,12,13,15). The number of aromatic nitrogens is 3. The first-order valence-corrected chi connectivity index (χ1v) is 5.37. The minimum atomic E-state index is -0.259. The van der Waals surface area contributed by atoms with Crippen LogP contribution in [0.2, 0.25) is 0 Å². The van der Waals surface area contributed by atoms with E-state index < -0.39 is 0 Å². The van der Waals surface area contributed by atoms with Crippen molar-refractivity contribution >= 4 is 17.5 Å². The van der Waals surface area contributed by atoms with E-state index >= 15 is 0 Å². The van der Waals surface area contributed by atoms with Crippen LogP contribution in [-0.2, 0) is 0 Å². The number of hydrogen-bond acceptors (Lipinski definition) is 4. The Morgan fingerprint density at radius 3 is 2.27 bits per heavy atom. The molecule has 0 radical (unpaired) electrons. The lowest BCUT2D eigenvalue weighted by Gasteiger charge is -2.28. The van der Waals surface area contributed by atoms with Crippen LogP contribution in [0.15, 0.2) is 0 Å². The summed E-state index contributed by atoms with van der Waals surface area (Å²) in [6.07, 6.45) is 0. The highest BCUT2D eigenvalue weighted by atomic mass is 35.5. The predicted molar refractivity (Wildman–Crippen MR) is 62.3 cm³/mol. The summed E-state index contributed by atoms with van der Waals surface area (Å²) in [5, 5.41) is 11.1. The average Bonchev–Trinajstić information content (AvgIpc) is 2.10. The quantitative estimate of drug-likeness (QED) is 0.807. The summed E-state index contributed by atoms with van der Waals surface area (Å²) in [5.74, 6) is 0.524. The van der Waals surface area contributed by atoms with E-state index in [1.165, 1.54) is 0 Å². The van der Waals surface area contributed by atoms with Gasteiger partial charge in [0, 0.05) is 0 Å². The molecular weight excluding hydrogens is 212 g/mol. The van der Waals surface area contributed by atoms with Crippen molar-refractivity contribution < 1.29 is 0 Å². The van der Waals surface area contributed by atoms with Crippen molar-refractivity contribution in [3.05, 3.63) is 11.4 Å². The first kappa shape index (κ1) is 12.2. The maximum atomic E-state index is 6.05. The second kappa shape index (κ2) is 4.31. The monoisotopic (exact) mass is 228 g/mol. The Labute approximate surface area is 95.5 Å². The molecule has 1 aromatic heterocycles. The fourth-order valence-electron chi connectivity index (χ4n) is 0.897. The van der Waals surface area contributed by atoms with Gasteiger partial charge in [0.15, 0.2) is 0 Å². The Kier molecular flexibility index (Phi) is 3.50. The first-order valence-electron chi connectivity index (χ1n) is 4.93. The second-order valence-electron chi connectivity index (χ2n) is 4.27. The van der Waals surface area contributed by atoms with E-state index in [4.69, 9.17) is 11.6 Å². The molecule has 0 aromatic carbocycles. The molecular formula is C10H17ClN4. The molecule has 1 aromatic rings. The van der Waals surface area contributed by atoms with Crippen molar-refractivity contribution in [1.82, 2.24) is 15.2 Å². The smallest absolute Gasteiger partial charge is 0.243 e. The van der Waals surface area contributed by atoms with Crippen LogP contribution >= 0.6 is 11.6 Å². The van der Waals surface area contributed by atoms with E-state index in [-0.39, 0.29) is 10.9 Å². The maximum absolute atomic E-state index is 6.05. The highest BCUT2D eigenvalue weighted by Gasteiger charge is 2.24. The first-order chi connectivity index (χ1) is 6.83. The zero-order chi connectivity index (χ0) is 11.6. The highest BCUT2D eigenvalue weighted by Crippen LogP contribution is 2.19. The molecule has 0 fully saturated rings. The van der Waals surface area contributed by atoms with Crippen LogP contribution in [0.5, 0.6) is 0 Å². The molecule has 5 heteroatoms. The Morgan fingerprint density at radius 1 is 1.20 bits per heavy atom. The number of nitrogens with one attached hydrogen (secondary N) is 1. The van der Waals surface area contributed by atoms with Gasteiger partial charge in [0.25, 0.3) is 0 Å². The van der Waals surface area contributed by atoms with Crippen LogP contribution in [0, 0.1) is 13.8 Å². The third-order valence-electron chi connectivity index (χ3n) is 2.52. The van der Waals surface area contributed by atoms with Crippen LogP contribution in [0.1, 0.15) is 32.2 Å². The number of hydrogen-bond donors (Lipinski definition) is 1. The minimum absolute atomic E-state index is 0.0253. The largest absolute Gasteiger partial charge is 0.347 e. The summed E-state index contributed by atoms with van der Waals surface area (Å²) in [7, 11) is 0. The Morgan fingerprint density at radius 2 is 1.80 bits per heavy atom. The Hall–Kier alpha value is -0.900. The predicted octanol–water partition coefficient (Wildman–Crippen LogP) is 2.31. The summed E-state index contributed by atoms with van der Waals surface area (Å²) >= 11 is 6.05. The molecule has 0 aliphatic carbocycles. The van der Waals surface area contributed by atoms with Gasteiger partial charge in [-0.25, -0.2) is 4.98 Å². The molecule has 1 heterocycles. The molecule has 1 N–H and O–H groups in total. The number of alkyl halides is 1. The van der Waals surface area contributed by atoms with Crippen molar-refractivity contribution in [2.75, 3.05) is 5.32 Å². The molecule has 4 nitrogen and oxygen atoms in total. The SMILES string of the molecule is Cc1nnc(NC(C)(C)C(C)Cl)nc1C. The molecule has 0 saturated heterocycles. The average molecular weight is 229 g/mol. The van der Waals surface area contributed by atoms with Crippen LogP contribution in [0.25, 0.3) is 0 Å². The van der Waals surface area contributed by atoms with Crippen molar-refractivity contribution in [3.63, 3.8) is 0 Å². The molecule has 15 heavy (non-hydrogen) atoms. The van der Waals surface area contributed by atoms with Crippen molar-refractivity contribution in [1.29, 1.82) is 0 Å². The topological polar surface area (TPSA) is 50.7 Å².